The SMILES string of the molecule is CCn1cnnc1CNC(=O)c1ccnc(Cl)c1. The van der Waals surface area contributed by atoms with Gasteiger partial charge in [0.05, 0.1) is 6.54 Å². The Bertz CT molecular complexity index is 554. The Balaban J connectivity index is 2.00. The standard InChI is InChI=1S/C11H12ClN5O/c1-2-17-7-15-16-10(17)6-14-11(18)8-3-4-13-9(12)5-8/h3-5,7H,2,6H2,1H3,(H,14,18). The average molecular weight is 266 g/mol. The van der Waals surface area contributed by atoms with Gasteiger partial charge in [0.25, 0.3) is 5.91 Å². The molecule has 7 heteroatoms. The van der Waals surface area contributed by atoms with Crippen LogP contribution in [0.1, 0.15) is 23.1 Å². The van der Waals surface area contributed by atoms with E-state index in [0.29, 0.717) is 23.1 Å². The number of hydrogen-bond acceptors (Lipinski definition) is 4. The van der Waals surface area contributed by atoms with Crippen molar-refractivity contribution in [2.75, 3.05) is 0 Å². The molecule has 0 spiro atoms. The molecule has 1 N–H and O–H groups in total. The van der Waals surface area contributed by atoms with E-state index < -0.39 is 0 Å². The van der Waals surface area contributed by atoms with Crippen LogP contribution in [0.2, 0.25) is 5.15 Å². The smallest absolute Gasteiger partial charge is 0.251 e. The van der Waals surface area contributed by atoms with Crippen LogP contribution >= 0.6 is 11.6 Å². The molecule has 94 valence electrons. The minimum atomic E-state index is -0.218. The third-order valence-electron chi connectivity index (χ3n) is 2.43. The Kier molecular flexibility index (Phi) is 3.88. The summed E-state index contributed by atoms with van der Waals surface area (Å²) in [5.74, 6) is 0.496. The predicted molar refractivity (Wildman–Crippen MR) is 66.1 cm³/mol. The van der Waals surface area contributed by atoms with Gasteiger partial charge in [-0.15, -0.1) is 10.2 Å². The first kappa shape index (κ1) is 12.5. The molecule has 0 saturated carbocycles. The van der Waals surface area contributed by atoms with Crippen LogP contribution in [0.5, 0.6) is 0 Å². The molecule has 0 atom stereocenters. The van der Waals surface area contributed by atoms with E-state index in [4.69, 9.17) is 11.6 Å². The summed E-state index contributed by atoms with van der Waals surface area (Å²) in [6.07, 6.45) is 3.12. The largest absolute Gasteiger partial charge is 0.345 e. The summed E-state index contributed by atoms with van der Waals surface area (Å²) in [7, 11) is 0. The summed E-state index contributed by atoms with van der Waals surface area (Å²) in [5.41, 5.74) is 0.470. The number of carbonyl (C=O) groups is 1. The van der Waals surface area contributed by atoms with E-state index >= 15 is 0 Å². The molecular weight excluding hydrogens is 254 g/mol. The molecule has 18 heavy (non-hydrogen) atoms. The zero-order valence-electron chi connectivity index (χ0n) is 9.80. The summed E-state index contributed by atoms with van der Waals surface area (Å²) >= 11 is 5.72. The van der Waals surface area contributed by atoms with Gasteiger partial charge in [-0.1, -0.05) is 11.6 Å². The number of carbonyl (C=O) groups excluding carboxylic acids is 1. The van der Waals surface area contributed by atoms with Crippen LogP contribution in [-0.4, -0.2) is 25.7 Å². The molecule has 2 rings (SSSR count). The highest BCUT2D eigenvalue weighted by molar-refractivity contribution is 6.29. The lowest BCUT2D eigenvalue weighted by atomic mass is 10.2. The number of aryl methyl sites for hydroxylation is 1. The van der Waals surface area contributed by atoms with Crippen molar-refractivity contribution >= 4 is 17.5 Å². The molecule has 2 aromatic rings. The van der Waals surface area contributed by atoms with Crippen LogP contribution in [0.4, 0.5) is 0 Å². The molecule has 0 aliphatic heterocycles. The number of amides is 1. The second-order valence-electron chi connectivity index (χ2n) is 3.58. The van der Waals surface area contributed by atoms with Crippen molar-refractivity contribution in [3.8, 4) is 0 Å². The second-order valence-corrected chi connectivity index (χ2v) is 3.97. The first-order chi connectivity index (χ1) is 8.70. The number of pyridine rings is 1. The summed E-state index contributed by atoms with van der Waals surface area (Å²) < 4.78 is 1.86. The van der Waals surface area contributed by atoms with Crippen LogP contribution in [0.15, 0.2) is 24.7 Å². The Labute approximate surface area is 109 Å². The quantitative estimate of drug-likeness (QED) is 0.845. The highest BCUT2D eigenvalue weighted by Crippen LogP contribution is 2.07. The van der Waals surface area contributed by atoms with Gasteiger partial charge in [0, 0.05) is 18.3 Å². The van der Waals surface area contributed by atoms with Crippen LogP contribution in [-0.2, 0) is 13.1 Å². The van der Waals surface area contributed by atoms with E-state index in [1.807, 2.05) is 11.5 Å². The molecule has 2 heterocycles. The molecule has 0 fully saturated rings. The lowest BCUT2D eigenvalue weighted by Gasteiger charge is -2.05. The summed E-state index contributed by atoms with van der Waals surface area (Å²) in [6, 6.07) is 3.12. The van der Waals surface area contributed by atoms with Crippen LogP contribution in [0.3, 0.4) is 0 Å². The van der Waals surface area contributed by atoms with Gasteiger partial charge in [0.1, 0.15) is 11.5 Å². The van der Waals surface area contributed by atoms with Gasteiger partial charge in [0.2, 0.25) is 0 Å². The second kappa shape index (κ2) is 5.59. The van der Waals surface area contributed by atoms with Crippen molar-refractivity contribution in [3.63, 3.8) is 0 Å². The monoisotopic (exact) mass is 265 g/mol. The first-order valence-corrected chi connectivity index (χ1v) is 5.85. The highest BCUT2D eigenvalue weighted by Gasteiger charge is 2.08. The molecule has 0 saturated heterocycles. The number of nitrogens with one attached hydrogen (secondary N) is 1. The van der Waals surface area contributed by atoms with Gasteiger partial charge in [-0.05, 0) is 19.1 Å². The zero-order valence-corrected chi connectivity index (χ0v) is 10.6. The van der Waals surface area contributed by atoms with Crippen molar-refractivity contribution < 1.29 is 4.79 Å². The van der Waals surface area contributed by atoms with Crippen molar-refractivity contribution in [1.82, 2.24) is 25.1 Å². The summed E-state index contributed by atoms with van der Waals surface area (Å²) in [4.78, 5) is 15.7. The zero-order chi connectivity index (χ0) is 13.0. The van der Waals surface area contributed by atoms with Gasteiger partial charge in [-0.3, -0.25) is 4.79 Å². The van der Waals surface area contributed by atoms with Crippen LogP contribution < -0.4 is 5.32 Å². The van der Waals surface area contributed by atoms with Crippen molar-refractivity contribution in [1.29, 1.82) is 0 Å². The van der Waals surface area contributed by atoms with E-state index in [1.54, 1.807) is 12.4 Å². The lowest BCUT2D eigenvalue weighted by molar-refractivity contribution is 0.0949. The Hall–Kier alpha value is -1.95. The first-order valence-electron chi connectivity index (χ1n) is 5.47. The topological polar surface area (TPSA) is 72.7 Å². The van der Waals surface area contributed by atoms with Gasteiger partial charge >= 0.3 is 0 Å². The third-order valence-corrected chi connectivity index (χ3v) is 2.64. The maximum Gasteiger partial charge on any atom is 0.251 e. The minimum absolute atomic E-state index is 0.218. The summed E-state index contributed by atoms with van der Waals surface area (Å²) in [6.45, 7) is 3.07. The Morgan fingerprint density at radius 3 is 3.11 bits per heavy atom. The van der Waals surface area contributed by atoms with E-state index in [-0.39, 0.29) is 5.91 Å². The number of hydrogen-bond donors (Lipinski definition) is 1. The lowest BCUT2D eigenvalue weighted by Crippen LogP contribution is -2.24. The minimum Gasteiger partial charge on any atom is -0.345 e. The van der Waals surface area contributed by atoms with E-state index in [2.05, 4.69) is 20.5 Å². The van der Waals surface area contributed by atoms with E-state index in [9.17, 15) is 4.79 Å². The molecular formula is C11H12ClN5O. The maximum absolute atomic E-state index is 11.8. The van der Waals surface area contributed by atoms with E-state index in [0.717, 1.165) is 6.54 Å². The van der Waals surface area contributed by atoms with Gasteiger partial charge in [0.15, 0.2) is 5.82 Å². The third kappa shape index (κ3) is 2.84. The molecule has 0 unspecified atom stereocenters. The fourth-order valence-electron chi connectivity index (χ4n) is 1.49. The van der Waals surface area contributed by atoms with Crippen molar-refractivity contribution in [2.45, 2.75) is 20.0 Å². The average Bonchev–Trinajstić information content (AvgIpc) is 2.83. The molecule has 1 amide bonds. The van der Waals surface area contributed by atoms with Crippen molar-refractivity contribution in [3.05, 3.63) is 41.2 Å². The number of nitrogens with zero attached hydrogens (tertiary/aromatic N) is 4. The molecule has 0 aromatic carbocycles. The van der Waals surface area contributed by atoms with E-state index in [1.165, 1.54) is 12.3 Å². The van der Waals surface area contributed by atoms with Gasteiger partial charge < -0.3 is 9.88 Å². The van der Waals surface area contributed by atoms with Crippen LogP contribution in [0, 0.1) is 0 Å². The normalized spacial score (nSPS) is 10.3. The van der Waals surface area contributed by atoms with Crippen molar-refractivity contribution in [2.24, 2.45) is 0 Å². The number of rotatable bonds is 4. The predicted octanol–water partition coefficient (Wildman–Crippen LogP) is 1.28. The molecule has 0 aliphatic rings. The molecule has 0 aliphatic carbocycles. The van der Waals surface area contributed by atoms with Gasteiger partial charge in [-0.2, -0.15) is 0 Å². The molecule has 2 aromatic heterocycles. The fourth-order valence-corrected chi connectivity index (χ4v) is 1.66. The summed E-state index contributed by atoms with van der Waals surface area (Å²) in [5, 5.41) is 10.8. The maximum atomic E-state index is 11.8. The molecule has 6 nitrogen and oxygen atoms in total. The Morgan fingerprint density at radius 2 is 2.39 bits per heavy atom. The highest BCUT2D eigenvalue weighted by atomic mass is 35.5. The Morgan fingerprint density at radius 1 is 1.56 bits per heavy atom. The van der Waals surface area contributed by atoms with Gasteiger partial charge in [-0.25, -0.2) is 4.98 Å². The van der Waals surface area contributed by atoms with Crippen LogP contribution in [0.25, 0.3) is 0 Å². The molecule has 0 bridgehead atoms. The molecule has 0 radical (unpaired) electrons. The fraction of sp³-hybridized carbons (Fsp3) is 0.273. The number of halogens is 1. The number of aromatic nitrogens is 4.